The van der Waals surface area contributed by atoms with Crippen molar-refractivity contribution in [1.29, 1.82) is 0 Å². The van der Waals surface area contributed by atoms with Crippen molar-refractivity contribution in [3.63, 3.8) is 0 Å². The molecule has 0 rings (SSSR count). The molecule has 0 unspecified atom stereocenters. The zero-order chi connectivity index (χ0) is 4.50. The summed E-state index contributed by atoms with van der Waals surface area (Å²) in [6, 6.07) is 0. The first kappa shape index (κ1) is 10.4. The summed E-state index contributed by atoms with van der Waals surface area (Å²) >= 11 is -6.70. The first-order valence-electron chi connectivity index (χ1n) is 0.478. The molecule has 0 bridgehead atoms. The minimum atomic E-state index is -6.70. The van der Waals surface area contributed by atoms with Crippen LogP contribution < -0.4 is 0 Å². The summed E-state index contributed by atoms with van der Waals surface area (Å²) in [7, 11) is 0. The molecule has 0 aliphatic rings. The summed E-state index contributed by atoms with van der Waals surface area (Å²) in [5, 5.41) is 0. The Morgan fingerprint density at radius 3 is 0.833 bits per heavy atom. The van der Waals surface area contributed by atoms with Crippen LogP contribution in [0.15, 0.2) is 0 Å². The predicted octanol–water partition coefficient (Wildman–Crippen LogP) is 1.03. The van der Waals surface area contributed by atoms with Gasteiger partial charge in [-0.1, -0.05) is 0 Å². The van der Waals surface area contributed by atoms with Gasteiger partial charge in [0.1, 0.15) is 0 Å². The Hall–Kier alpha value is 1.38. The molecule has 0 aromatic rings. The molecule has 0 amide bonds. The second kappa shape index (κ2) is 3.39. The van der Waals surface area contributed by atoms with Crippen molar-refractivity contribution in [3.8, 4) is 0 Å². The number of rotatable bonds is 0. The van der Waals surface area contributed by atoms with Crippen molar-refractivity contribution in [1.82, 2.24) is 0 Å². The van der Waals surface area contributed by atoms with Gasteiger partial charge in [0.2, 0.25) is 0 Å². The third-order valence-electron chi connectivity index (χ3n) is 0. The Morgan fingerprint density at radius 1 is 0.833 bits per heavy atom. The van der Waals surface area contributed by atoms with E-state index in [0.29, 0.717) is 0 Å². The molecule has 6 heavy (non-hydrogen) atoms. The molecule has 0 aromatic carbocycles. The normalized spacial score (nSPS) is 12.7. The molecule has 0 saturated carbocycles. The molecule has 0 N–H and O–H groups in total. The Labute approximate surface area is 59.7 Å². The van der Waals surface area contributed by atoms with Crippen LogP contribution in [0.2, 0.25) is 0 Å². The van der Waals surface area contributed by atoms with Gasteiger partial charge in [-0.15, -0.1) is 0 Å². The van der Waals surface area contributed by atoms with Gasteiger partial charge in [0.15, 0.2) is 0 Å². The number of hydrogen-bond acceptors (Lipinski definition) is 0. The maximum absolute atomic E-state index is 9.84. The van der Waals surface area contributed by atoms with Crippen LogP contribution in [-0.2, 0) is 17.6 Å². The molecule has 0 aliphatic heterocycles. The molecule has 0 saturated heterocycles. The van der Waals surface area contributed by atoms with Crippen molar-refractivity contribution >= 4 is 29.6 Å². The van der Waals surface area contributed by atoms with E-state index in [0.717, 1.165) is 0 Å². The minimum absolute atomic E-state index is 0. The van der Waals surface area contributed by atoms with Crippen LogP contribution in [0.1, 0.15) is 0 Å². The third-order valence-corrected chi connectivity index (χ3v) is 0. The van der Waals surface area contributed by atoms with Gasteiger partial charge < -0.3 is 0 Å². The van der Waals surface area contributed by atoms with Gasteiger partial charge in [-0.25, -0.2) is 0 Å². The van der Waals surface area contributed by atoms with Crippen LogP contribution in [0.5, 0.6) is 0 Å². The fourth-order valence-corrected chi connectivity index (χ4v) is 0. The summed E-state index contributed by atoms with van der Waals surface area (Å²) in [5.41, 5.74) is 0. The zero-order valence-electron chi connectivity index (χ0n) is 1.83. The first-order valence-corrected chi connectivity index (χ1v) is 2.83. The number of halogens is 4. The van der Waals surface area contributed by atoms with E-state index < -0.39 is 17.6 Å². The Morgan fingerprint density at radius 2 is 0.833 bits per heavy atom. The molecule has 40 valence electrons. The zero-order valence-corrected chi connectivity index (χ0v) is 3.38. The molecule has 0 fully saturated rings. The third kappa shape index (κ3) is 54.1. The molecule has 0 heterocycles. The summed E-state index contributed by atoms with van der Waals surface area (Å²) in [6.07, 6.45) is 0. The van der Waals surface area contributed by atoms with Crippen molar-refractivity contribution in [2.75, 3.05) is 0 Å². The van der Waals surface area contributed by atoms with E-state index in [1.54, 1.807) is 0 Å². The van der Waals surface area contributed by atoms with E-state index in [1.165, 1.54) is 0 Å². The topological polar surface area (TPSA) is 0 Å². The van der Waals surface area contributed by atoms with Gasteiger partial charge in [0.25, 0.3) is 0 Å². The van der Waals surface area contributed by atoms with Crippen LogP contribution in [-0.4, -0.2) is 29.6 Å². The molecule has 0 aromatic heterocycles. The van der Waals surface area contributed by atoms with Gasteiger partial charge in [-0.05, 0) is 0 Å². The van der Waals surface area contributed by atoms with Crippen LogP contribution in [0, 0.1) is 0 Å². The molecule has 0 atom stereocenters. The van der Waals surface area contributed by atoms with E-state index in [-0.39, 0.29) is 29.6 Å². The molecule has 0 nitrogen and oxygen atoms in total. The van der Waals surface area contributed by atoms with Gasteiger partial charge in [0.05, 0.1) is 0 Å². The molecular formula is HF4NaPd. The second-order valence-corrected chi connectivity index (χ2v) is 1.60. The molecule has 0 radical (unpaired) electrons. The fraction of sp³-hybridized carbons (Fsp3) is 0. The van der Waals surface area contributed by atoms with Crippen molar-refractivity contribution < 1.29 is 30.5 Å². The average molecular weight is 206 g/mol. The number of hydrogen-bond donors (Lipinski definition) is 0. The van der Waals surface area contributed by atoms with Crippen LogP contribution >= 0.6 is 0 Å². The van der Waals surface area contributed by atoms with Gasteiger partial charge in [-0.2, -0.15) is 0 Å². The molecular weight excluding hydrogens is 205 g/mol. The van der Waals surface area contributed by atoms with Crippen molar-refractivity contribution in [2.45, 2.75) is 0 Å². The van der Waals surface area contributed by atoms with Crippen LogP contribution in [0.4, 0.5) is 12.9 Å². The molecule has 6 heteroatoms. The second-order valence-electron chi connectivity index (χ2n) is 0.271. The summed E-state index contributed by atoms with van der Waals surface area (Å²) < 4.78 is 39.4. The van der Waals surface area contributed by atoms with Gasteiger partial charge in [-0.3, -0.25) is 0 Å². The Balaban J connectivity index is 0. The monoisotopic (exact) mass is 206 g/mol. The Kier molecular flexibility index (Phi) is 5.87. The van der Waals surface area contributed by atoms with Crippen molar-refractivity contribution in [2.24, 2.45) is 0 Å². The van der Waals surface area contributed by atoms with Gasteiger partial charge >= 0.3 is 60.0 Å². The summed E-state index contributed by atoms with van der Waals surface area (Å²) in [5.74, 6) is 0. The van der Waals surface area contributed by atoms with Crippen LogP contribution in [0.25, 0.3) is 0 Å². The summed E-state index contributed by atoms with van der Waals surface area (Å²) in [4.78, 5) is 0. The predicted molar refractivity (Wildman–Crippen MR) is 11.6 cm³/mol. The average Bonchev–Trinajstić information content (AvgIpc) is 0.722. The SMILES string of the molecule is [F][Pd]([F])([F])[F].[NaH]. The van der Waals surface area contributed by atoms with E-state index >= 15 is 0 Å². The van der Waals surface area contributed by atoms with Gasteiger partial charge in [0, 0.05) is 0 Å². The van der Waals surface area contributed by atoms with Crippen LogP contribution in [0.3, 0.4) is 0 Å². The van der Waals surface area contributed by atoms with E-state index in [9.17, 15) is 12.9 Å². The summed E-state index contributed by atoms with van der Waals surface area (Å²) in [6.45, 7) is 0. The van der Waals surface area contributed by atoms with E-state index in [1.807, 2.05) is 0 Å². The Bertz CT molecular complexity index is 23.0. The molecule has 0 aliphatic carbocycles. The van der Waals surface area contributed by atoms with E-state index in [2.05, 4.69) is 0 Å². The van der Waals surface area contributed by atoms with Crippen molar-refractivity contribution in [3.05, 3.63) is 0 Å². The molecule has 0 spiro atoms. The first-order chi connectivity index (χ1) is 2.00. The maximum atomic E-state index is 9.84. The van der Waals surface area contributed by atoms with E-state index in [4.69, 9.17) is 0 Å². The fourth-order valence-electron chi connectivity index (χ4n) is 0. The standard InChI is InChI=1S/4FH.Na.Pd.H/h4*1H;;;/q;;;;;+4;/p-4. The quantitative estimate of drug-likeness (QED) is 0.410.